The van der Waals surface area contributed by atoms with Crippen molar-refractivity contribution in [1.82, 2.24) is 14.5 Å². The Morgan fingerprint density at radius 3 is 3.11 bits per heavy atom. The second kappa shape index (κ2) is 4.30. The molecule has 2 heterocycles. The van der Waals surface area contributed by atoms with Crippen LogP contribution in [0, 0.1) is 0 Å². The zero-order valence-electron chi connectivity index (χ0n) is 9.92. The molecule has 0 amide bonds. The van der Waals surface area contributed by atoms with Gasteiger partial charge < -0.3 is 15.6 Å². The average molecular weight is 259 g/mol. The second-order valence-electron chi connectivity index (χ2n) is 4.05. The van der Waals surface area contributed by atoms with Gasteiger partial charge in [0.1, 0.15) is 5.82 Å². The van der Waals surface area contributed by atoms with Crippen LogP contribution >= 0.6 is 11.3 Å². The van der Waals surface area contributed by atoms with Gasteiger partial charge in [-0.3, -0.25) is 0 Å². The molecule has 0 unspecified atom stereocenters. The minimum atomic E-state index is 0.665. The van der Waals surface area contributed by atoms with Crippen molar-refractivity contribution >= 4 is 32.4 Å². The number of fused-ring (bicyclic) bond motifs is 1. The van der Waals surface area contributed by atoms with Crippen molar-refractivity contribution in [3.8, 4) is 0 Å². The fourth-order valence-electron chi connectivity index (χ4n) is 1.74. The molecule has 0 aliphatic carbocycles. The summed E-state index contributed by atoms with van der Waals surface area (Å²) < 4.78 is 3.08. The van der Waals surface area contributed by atoms with E-state index < -0.39 is 0 Å². The zero-order chi connectivity index (χ0) is 12.5. The van der Waals surface area contributed by atoms with Crippen LogP contribution in [-0.4, -0.2) is 14.5 Å². The number of nitrogens with one attached hydrogen (secondary N) is 1. The molecule has 1 aromatic carbocycles. The molecule has 3 rings (SSSR count). The fraction of sp³-hybridized carbons (Fsp3) is 0.167. The van der Waals surface area contributed by atoms with Crippen LogP contribution in [0.15, 0.2) is 30.6 Å². The van der Waals surface area contributed by atoms with Gasteiger partial charge in [-0.25, -0.2) is 9.97 Å². The number of nitrogens with zero attached hydrogens (tertiary/aromatic N) is 3. The summed E-state index contributed by atoms with van der Waals surface area (Å²) in [6.07, 6.45) is 3.71. The quantitative estimate of drug-likeness (QED) is 0.708. The molecular weight excluding hydrogens is 246 g/mol. The lowest BCUT2D eigenvalue weighted by Gasteiger charge is -2.01. The van der Waals surface area contributed by atoms with Crippen LogP contribution in [0.2, 0.25) is 0 Å². The van der Waals surface area contributed by atoms with Gasteiger partial charge in [0.25, 0.3) is 0 Å². The highest BCUT2D eigenvalue weighted by atomic mass is 32.1. The first kappa shape index (κ1) is 11.0. The van der Waals surface area contributed by atoms with E-state index in [1.54, 1.807) is 17.5 Å². The van der Waals surface area contributed by atoms with E-state index in [0.29, 0.717) is 6.54 Å². The van der Waals surface area contributed by atoms with Gasteiger partial charge in [0, 0.05) is 25.1 Å². The minimum Gasteiger partial charge on any atom is -0.399 e. The maximum atomic E-state index is 5.75. The van der Waals surface area contributed by atoms with Crippen molar-refractivity contribution in [2.24, 2.45) is 7.05 Å². The second-order valence-corrected chi connectivity index (χ2v) is 5.08. The summed E-state index contributed by atoms with van der Waals surface area (Å²) in [5.74, 6) is 0.980. The van der Waals surface area contributed by atoms with E-state index in [1.165, 1.54) is 0 Å². The fourth-order valence-corrected chi connectivity index (χ4v) is 2.65. The number of aryl methyl sites for hydroxylation is 1. The van der Waals surface area contributed by atoms with E-state index in [0.717, 1.165) is 26.9 Å². The summed E-state index contributed by atoms with van der Waals surface area (Å²) >= 11 is 1.60. The summed E-state index contributed by atoms with van der Waals surface area (Å²) in [7, 11) is 1.98. The smallest absolute Gasteiger partial charge is 0.184 e. The van der Waals surface area contributed by atoms with Gasteiger partial charge in [-0.1, -0.05) is 11.3 Å². The molecular formula is C12H13N5S. The van der Waals surface area contributed by atoms with E-state index in [4.69, 9.17) is 5.73 Å². The normalized spacial score (nSPS) is 10.9. The molecule has 3 aromatic rings. The number of hydrogen-bond donors (Lipinski definition) is 2. The van der Waals surface area contributed by atoms with Crippen LogP contribution in [0.3, 0.4) is 0 Å². The highest BCUT2D eigenvalue weighted by molar-refractivity contribution is 7.22. The van der Waals surface area contributed by atoms with Crippen LogP contribution in [0.5, 0.6) is 0 Å². The average Bonchev–Trinajstić information content (AvgIpc) is 2.92. The molecule has 6 heteroatoms. The van der Waals surface area contributed by atoms with Crippen LogP contribution < -0.4 is 11.1 Å². The number of nitrogens with two attached hydrogens (primary N) is 1. The summed E-state index contributed by atoms with van der Waals surface area (Å²) in [5.41, 5.74) is 7.48. The van der Waals surface area contributed by atoms with E-state index in [9.17, 15) is 0 Å². The zero-order valence-corrected chi connectivity index (χ0v) is 10.7. The summed E-state index contributed by atoms with van der Waals surface area (Å²) in [5, 5.41) is 4.17. The summed E-state index contributed by atoms with van der Waals surface area (Å²) in [6, 6.07) is 5.75. The standard InChI is InChI=1S/C12H13N5S/c1-17-5-4-14-11(17)7-15-12-16-9-3-2-8(13)6-10(9)18-12/h2-6H,7,13H2,1H3,(H,15,16). The van der Waals surface area contributed by atoms with E-state index in [2.05, 4.69) is 15.3 Å². The highest BCUT2D eigenvalue weighted by Gasteiger charge is 2.05. The first-order valence-electron chi connectivity index (χ1n) is 5.58. The number of nitrogen functional groups attached to an aromatic ring is 1. The molecule has 0 aliphatic heterocycles. The summed E-state index contributed by atoms with van der Waals surface area (Å²) in [6.45, 7) is 0.665. The third-order valence-electron chi connectivity index (χ3n) is 2.73. The Kier molecular flexibility index (Phi) is 2.64. The topological polar surface area (TPSA) is 68.8 Å². The van der Waals surface area contributed by atoms with Crippen molar-refractivity contribution in [3.63, 3.8) is 0 Å². The van der Waals surface area contributed by atoms with Crippen LogP contribution in [0.1, 0.15) is 5.82 Å². The Morgan fingerprint density at radius 2 is 2.33 bits per heavy atom. The monoisotopic (exact) mass is 259 g/mol. The van der Waals surface area contributed by atoms with Crippen molar-refractivity contribution in [3.05, 3.63) is 36.4 Å². The van der Waals surface area contributed by atoms with Gasteiger partial charge in [-0.15, -0.1) is 0 Å². The Labute approximate surface area is 108 Å². The Balaban J connectivity index is 1.81. The van der Waals surface area contributed by atoms with Crippen molar-refractivity contribution in [1.29, 1.82) is 0 Å². The number of rotatable bonds is 3. The van der Waals surface area contributed by atoms with Gasteiger partial charge in [0.05, 0.1) is 16.8 Å². The molecule has 0 bridgehead atoms. The molecule has 92 valence electrons. The van der Waals surface area contributed by atoms with Crippen LogP contribution in [0.25, 0.3) is 10.2 Å². The molecule has 18 heavy (non-hydrogen) atoms. The lowest BCUT2D eigenvalue weighted by molar-refractivity contribution is 0.812. The van der Waals surface area contributed by atoms with Gasteiger partial charge in [-0.2, -0.15) is 0 Å². The predicted molar refractivity (Wildman–Crippen MR) is 74.6 cm³/mol. The maximum Gasteiger partial charge on any atom is 0.184 e. The van der Waals surface area contributed by atoms with E-state index in [-0.39, 0.29) is 0 Å². The number of imidazole rings is 1. The molecule has 0 radical (unpaired) electrons. The largest absolute Gasteiger partial charge is 0.399 e. The predicted octanol–water partition coefficient (Wildman–Crippen LogP) is 2.22. The molecule has 0 aliphatic rings. The summed E-state index contributed by atoms with van der Waals surface area (Å²) in [4.78, 5) is 8.75. The molecule has 3 N–H and O–H groups in total. The molecule has 0 saturated carbocycles. The minimum absolute atomic E-state index is 0.665. The first-order chi connectivity index (χ1) is 8.72. The maximum absolute atomic E-state index is 5.75. The molecule has 0 fully saturated rings. The van der Waals surface area contributed by atoms with Gasteiger partial charge >= 0.3 is 0 Å². The van der Waals surface area contributed by atoms with Crippen LogP contribution in [0.4, 0.5) is 10.8 Å². The molecule has 0 atom stereocenters. The van der Waals surface area contributed by atoms with Crippen LogP contribution in [-0.2, 0) is 13.6 Å². The molecule has 5 nitrogen and oxygen atoms in total. The molecule has 2 aromatic heterocycles. The Bertz CT molecular complexity index is 685. The van der Waals surface area contributed by atoms with E-state index >= 15 is 0 Å². The third kappa shape index (κ3) is 2.02. The Hall–Kier alpha value is -2.08. The van der Waals surface area contributed by atoms with Gasteiger partial charge in [0.2, 0.25) is 0 Å². The van der Waals surface area contributed by atoms with E-state index in [1.807, 2.05) is 36.0 Å². The number of hydrogen-bond acceptors (Lipinski definition) is 5. The highest BCUT2D eigenvalue weighted by Crippen LogP contribution is 2.27. The van der Waals surface area contributed by atoms with Gasteiger partial charge in [0.15, 0.2) is 5.13 Å². The number of benzene rings is 1. The SMILES string of the molecule is Cn1ccnc1CNc1nc2ccc(N)cc2s1. The molecule has 0 saturated heterocycles. The lowest BCUT2D eigenvalue weighted by Crippen LogP contribution is -2.05. The number of anilines is 2. The number of thiazole rings is 1. The van der Waals surface area contributed by atoms with Crippen molar-refractivity contribution in [2.45, 2.75) is 6.54 Å². The van der Waals surface area contributed by atoms with Crippen molar-refractivity contribution in [2.75, 3.05) is 11.1 Å². The van der Waals surface area contributed by atoms with Gasteiger partial charge in [-0.05, 0) is 18.2 Å². The van der Waals surface area contributed by atoms with Crippen molar-refractivity contribution < 1.29 is 0 Å². The molecule has 0 spiro atoms. The third-order valence-corrected chi connectivity index (χ3v) is 3.71. The first-order valence-corrected chi connectivity index (χ1v) is 6.40. The lowest BCUT2D eigenvalue weighted by atomic mass is 10.3. The Morgan fingerprint density at radius 1 is 1.44 bits per heavy atom. The number of aromatic nitrogens is 3.